The number of nitrogens with zero attached hydrogens (tertiary/aromatic N) is 4. The van der Waals surface area contributed by atoms with Crippen LogP contribution in [0.1, 0.15) is 0 Å². The number of aromatic nitrogens is 4. The van der Waals surface area contributed by atoms with Gasteiger partial charge in [0.1, 0.15) is 12.4 Å². The minimum absolute atomic E-state index is 0.155. The lowest BCUT2D eigenvalue weighted by atomic mass is 10.2. The van der Waals surface area contributed by atoms with Gasteiger partial charge < -0.3 is 9.47 Å². The molecule has 0 saturated heterocycles. The second kappa shape index (κ2) is 7.03. The summed E-state index contributed by atoms with van der Waals surface area (Å²) >= 11 is 0. The molecular formula is C15H17N5O4S. The third-order valence-electron chi connectivity index (χ3n) is 3.28. The van der Waals surface area contributed by atoms with Gasteiger partial charge in [0.05, 0.1) is 13.4 Å². The standard InChI is InChI=1S/C15H17N5O4S/c1-23-12-5-3-4-11(10-12)15-18-17-13-6-7-14(19-20(13)15)24-9-8-16-25(2,21)22/h3-7,10,16H,8-9H2,1-2H3. The molecule has 0 bridgehead atoms. The highest BCUT2D eigenvalue weighted by molar-refractivity contribution is 7.88. The maximum atomic E-state index is 11.0. The van der Waals surface area contributed by atoms with Gasteiger partial charge in [-0.1, -0.05) is 12.1 Å². The van der Waals surface area contributed by atoms with Crippen molar-refractivity contribution in [1.82, 2.24) is 24.5 Å². The van der Waals surface area contributed by atoms with Gasteiger partial charge in [0, 0.05) is 18.2 Å². The quantitative estimate of drug-likeness (QED) is 0.617. The highest BCUT2D eigenvalue weighted by atomic mass is 32.2. The van der Waals surface area contributed by atoms with Crippen molar-refractivity contribution in [2.75, 3.05) is 26.5 Å². The summed E-state index contributed by atoms with van der Waals surface area (Å²) in [4.78, 5) is 0. The first kappa shape index (κ1) is 17.1. The zero-order valence-electron chi connectivity index (χ0n) is 13.7. The van der Waals surface area contributed by atoms with E-state index in [4.69, 9.17) is 9.47 Å². The van der Waals surface area contributed by atoms with Gasteiger partial charge in [0.2, 0.25) is 15.9 Å². The highest BCUT2D eigenvalue weighted by Gasteiger charge is 2.11. The van der Waals surface area contributed by atoms with Crippen LogP contribution in [0.5, 0.6) is 11.6 Å². The van der Waals surface area contributed by atoms with Crippen molar-refractivity contribution < 1.29 is 17.9 Å². The van der Waals surface area contributed by atoms with E-state index in [9.17, 15) is 8.42 Å². The van der Waals surface area contributed by atoms with Gasteiger partial charge in [-0.2, -0.15) is 4.52 Å². The Morgan fingerprint density at radius 1 is 1.20 bits per heavy atom. The normalized spacial score (nSPS) is 11.6. The monoisotopic (exact) mass is 363 g/mol. The van der Waals surface area contributed by atoms with Crippen LogP contribution < -0.4 is 14.2 Å². The smallest absolute Gasteiger partial charge is 0.231 e. The van der Waals surface area contributed by atoms with E-state index in [-0.39, 0.29) is 13.2 Å². The number of fused-ring (bicyclic) bond motifs is 1. The molecule has 0 fully saturated rings. The summed E-state index contributed by atoms with van der Waals surface area (Å²) in [7, 11) is -1.65. The summed E-state index contributed by atoms with van der Waals surface area (Å²) < 4.78 is 36.7. The predicted molar refractivity (Wildman–Crippen MR) is 91.1 cm³/mol. The number of nitrogens with one attached hydrogen (secondary N) is 1. The van der Waals surface area contributed by atoms with Crippen molar-refractivity contribution in [3.05, 3.63) is 36.4 Å². The number of rotatable bonds is 7. The molecule has 0 saturated carbocycles. The minimum atomic E-state index is -3.24. The van der Waals surface area contributed by atoms with Crippen molar-refractivity contribution >= 4 is 15.7 Å². The SMILES string of the molecule is COc1cccc(-c2nnc3ccc(OCCNS(C)(=O)=O)nn23)c1. The molecule has 3 aromatic rings. The Labute approximate surface area is 144 Å². The number of hydrogen-bond acceptors (Lipinski definition) is 7. The number of sulfonamides is 1. The van der Waals surface area contributed by atoms with Gasteiger partial charge in [-0.05, 0) is 18.2 Å². The van der Waals surface area contributed by atoms with Gasteiger partial charge in [0.15, 0.2) is 11.5 Å². The first-order valence-corrected chi connectivity index (χ1v) is 9.30. The summed E-state index contributed by atoms with van der Waals surface area (Å²) in [6.07, 6.45) is 1.09. The van der Waals surface area contributed by atoms with E-state index in [1.807, 2.05) is 24.3 Å². The second-order valence-electron chi connectivity index (χ2n) is 5.21. The van der Waals surface area contributed by atoms with E-state index in [0.29, 0.717) is 23.1 Å². The van der Waals surface area contributed by atoms with Crippen LogP contribution in [0.4, 0.5) is 0 Å². The molecule has 3 rings (SSSR count). The fourth-order valence-electron chi connectivity index (χ4n) is 2.17. The van der Waals surface area contributed by atoms with E-state index in [1.54, 1.807) is 23.8 Å². The molecule has 0 atom stereocenters. The largest absolute Gasteiger partial charge is 0.497 e. The lowest BCUT2D eigenvalue weighted by Crippen LogP contribution is -2.27. The van der Waals surface area contributed by atoms with Gasteiger partial charge in [-0.15, -0.1) is 15.3 Å². The van der Waals surface area contributed by atoms with E-state index in [1.165, 1.54) is 0 Å². The summed E-state index contributed by atoms with van der Waals surface area (Å²) in [5.41, 5.74) is 1.37. The van der Waals surface area contributed by atoms with Crippen molar-refractivity contribution in [1.29, 1.82) is 0 Å². The summed E-state index contributed by atoms with van der Waals surface area (Å²) in [6, 6.07) is 10.8. The number of benzene rings is 1. The van der Waals surface area contributed by atoms with E-state index in [2.05, 4.69) is 20.0 Å². The second-order valence-corrected chi connectivity index (χ2v) is 7.05. The lowest BCUT2D eigenvalue weighted by Gasteiger charge is -2.07. The molecule has 1 aromatic carbocycles. The van der Waals surface area contributed by atoms with Crippen molar-refractivity contribution in [2.45, 2.75) is 0 Å². The lowest BCUT2D eigenvalue weighted by molar-refractivity contribution is 0.306. The summed E-state index contributed by atoms with van der Waals surface area (Å²) in [5.74, 6) is 1.59. The van der Waals surface area contributed by atoms with Crippen molar-refractivity contribution in [2.24, 2.45) is 0 Å². The molecule has 0 amide bonds. The fraction of sp³-hybridized carbons (Fsp3) is 0.267. The Morgan fingerprint density at radius 3 is 2.80 bits per heavy atom. The molecule has 0 spiro atoms. The molecule has 132 valence electrons. The Kier molecular flexibility index (Phi) is 4.81. The maximum Gasteiger partial charge on any atom is 0.231 e. The molecule has 0 aliphatic carbocycles. The van der Waals surface area contributed by atoms with E-state index >= 15 is 0 Å². The molecule has 25 heavy (non-hydrogen) atoms. The molecule has 0 radical (unpaired) electrons. The Balaban J connectivity index is 1.82. The van der Waals surface area contributed by atoms with Crippen LogP contribution in [0.15, 0.2) is 36.4 Å². The number of methoxy groups -OCH3 is 1. The molecule has 10 heteroatoms. The fourth-order valence-corrected chi connectivity index (χ4v) is 2.63. The maximum absolute atomic E-state index is 11.0. The Morgan fingerprint density at radius 2 is 2.04 bits per heavy atom. The van der Waals surface area contributed by atoms with Crippen LogP contribution in [0.25, 0.3) is 17.0 Å². The molecule has 0 aliphatic rings. The average Bonchev–Trinajstić information content (AvgIpc) is 3.01. The van der Waals surface area contributed by atoms with Gasteiger partial charge >= 0.3 is 0 Å². The molecule has 2 aromatic heterocycles. The summed E-state index contributed by atoms with van der Waals surface area (Å²) in [5, 5.41) is 12.6. The third-order valence-corrected chi connectivity index (χ3v) is 4.01. The third kappa shape index (κ3) is 4.22. The first-order chi connectivity index (χ1) is 12.0. The number of hydrogen-bond donors (Lipinski definition) is 1. The van der Waals surface area contributed by atoms with Gasteiger partial charge in [-0.3, -0.25) is 0 Å². The summed E-state index contributed by atoms with van der Waals surface area (Å²) in [6.45, 7) is 0.311. The van der Waals surface area contributed by atoms with Crippen molar-refractivity contribution in [3.8, 4) is 23.0 Å². The molecule has 0 unspecified atom stereocenters. The molecule has 2 heterocycles. The highest BCUT2D eigenvalue weighted by Crippen LogP contribution is 2.23. The zero-order chi connectivity index (χ0) is 17.9. The predicted octanol–water partition coefficient (Wildman–Crippen LogP) is 0.728. The average molecular weight is 363 g/mol. The van der Waals surface area contributed by atoms with Crippen LogP contribution in [-0.4, -0.2) is 54.7 Å². The molecule has 1 N–H and O–H groups in total. The zero-order valence-corrected chi connectivity index (χ0v) is 14.5. The van der Waals surface area contributed by atoms with Crippen molar-refractivity contribution in [3.63, 3.8) is 0 Å². The topological polar surface area (TPSA) is 108 Å². The van der Waals surface area contributed by atoms with Crippen LogP contribution in [0, 0.1) is 0 Å². The first-order valence-electron chi connectivity index (χ1n) is 7.40. The van der Waals surface area contributed by atoms with Gasteiger partial charge in [-0.25, -0.2) is 13.1 Å². The van der Waals surface area contributed by atoms with Crippen LogP contribution in [0.2, 0.25) is 0 Å². The van der Waals surface area contributed by atoms with E-state index < -0.39 is 10.0 Å². The molecule has 9 nitrogen and oxygen atoms in total. The Hall–Kier alpha value is -2.72. The van der Waals surface area contributed by atoms with Crippen LogP contribution in [-0.2, 0) is 10.0 Å². The van der Waals surface area contributed by atoms with E-state index in [0.717, 1.165) is 11.8 Å². The Bertz CT molecular complexity index is 987. The van der Waals surface area contributed by atoms with Gasteiger partial charge in [0.25, 0.3) is 0 Å². The van der Waals surface area contributed by atoms with Crippen LogP contribution >= 0.6 is 0 Å². The molecule has 0 aliphatic heterocycles. The number of ether oxygens (including phenoxy) is 2. The minimum Gasteiger partial charge on any atom is -0.497 e. The molecular weight excluding hydrogens is 346 g/mol. The van der Waals surface area contributed by atoms with Crippen LogP contribution in [0.3, 0.4) is 0 Å².